The molecular formula is C16H23BrN2. The number of hydrogen-bond acceptors (Lipinski definition) is 2. The Morgan fingerprint density at radius 2 is 1.79 bits per heavy atom. The molecule has 2 saturated heterocycles. The van der Waals surface area contributed by atoms with E-state index >= 15 is 0 Å². The maximum Gasteiger partial charge on any atom is 0.0372 e. The Hall–Kier alpha value is -0.540. The van der Waals surface area contributed by atoms with E-state index in [-0.39, 0.29) is 0 Å². The molecular weight excluding hydrogens is 300 g/mol. The Morgan fingerprint density at radius 3 is 2.37 bits per heavy atom. The highest BCUT2D eigenvalue weighted by Crippen LogP contribution is 2.38. The van der Waals surface area contributed by atoms with Crippen molar-refractivity contribution in [2.75, 3.05) is 11.4 Å². The average molecular weight is 323 g/mol. The van der Waals surface area contributed by atoms with E-state index in [4.69, 9.17) is 0 Å². The summed E-state index contributed by atoms with van der Waals surface area (Å²) in [5, 5.41) is 3.66. The van der Waals surface area contributed by atoms with Gasteiger partial charge in [-0.3, -0.25) is 0 Å². The molecule has 2 fully saturated rings. The van der Waals surface area contributed by atoms with Crippen LogP contribution in [0.25, 0.3) is 0 Å². The lowest BCUT2D eigenvalue weighted by Crippen LogP contribution is -2.56. The quantitative estimate of drug-likeness (QED) is 0.906. The third kappa shape index (κ3) is 2.82. The number of anilines is 1. The molecule has 2 unspecified atom stereocenters. The van der Waals surface area contributed by atoms with Crippen molar-refractivity contribution in [3.63, 3.8) is 0 Å². The standard InChI is InChI=1S/C16H23BrN2/c1-2-18-13-10-15-4-3-5-16(11-13)19(15)14-8-6-12(17)7-9-14/h6-9,13,15-16,18H,2-5,10-11H2,1H3. The van der Waals surface area contributed by atoms with Gasteiger partial charge in [-0.25, -0.2) is 0 Å². The fourth-order valence-corrected chi connectivity index (χ4v) is 4.14. The molecule has 0 radical (unpaired) electrons. The molecule has 2 nitrogen and oxygen atoms in total. The molecule has 19 heavy (non-hydrogen) atoms. The van der Waals surface area contributed by atoms with Crippen molar-refractivity contribution in [1.82, 2.24) is 5.32 Å². The molecule has 2 heterocycles. The predicted octanol–water partition coefficient (Wildman–Crippen LogP) is 3.95. The van der Waals surface area contributed by atoms with E-state index in [1.165, 1.54) is 42.3 Å². The second-order valence-electron chi connectivity index (χ2n) is 5.85. The van der Waals surface area contributed by atoms with Crippen molar-refractivity contribution in [2.45, 2.75) is 57.2 Å². The SMILES string of the molecule is CCNC1CC2CCCC(C1)N2c1ccc(Br)cc1. The Labute approximate surface area is 124 Å². The molecule has 104 valence electrons. The minimum Gasteiger partial charge on any atom is -0.365 e. The van der Waals surface area contributed by atoms with Gasteiger partial charge in [0.15, 0.2) is 0 Å². The fraction of sp³-hybridized carbons (Fsp3) is 0.625. The lowest BCUT2D eigenvalue weighted by atomic mass is 9.81. The number of fused-ring (bicyclic) bond motifs is 2. The molecule has 0 saturated carbocycles. The van der Waals surface area contributed by atoms with E-state index in [0.717, 1.165) is 24.7 Å². The molecule has 2 bridgehead atoms. The van der Waals surface area contributed by atoms with Crippen molar-refractivity contribution < 1.29 is 0 Å². The van der Waals surface area contributed by atoms with E-state index in [2.05, 4.69) is 57.3 Å². The van der Waals surface area contributed by atoms with Gasteiger partial charge < -0.3 is 10.2 Å². The van der Waals surface area contributed by atoms with Gasteiger partial charge in [0.25, 0.3) is 0 Å². The van der Waals surface area contributed by atoms with Crippen LogP contribution in [0.15, 0.2) is 28.7 Å². The molecule has 1 aromatic carbocycles. The van der Waals surface area contributed by atoms with Crippen LogP contribution in [0.5, 0.6) is 0 Å². The van der Waals surface area contributed by atoms with Crippen molar-refractivity contribution in [3.8, 4) is 0 Å². The van der Waals surface area contributed by atoms with Crippen molar-refractivity contribution in [2.24, 2.45) is 0 Å². The van der Waals surface area contributed by atoms with Gasteiger partial charge in [-0.05, 0) is 62.9 Å². The Morgan fingerprint density at radius 1 is 1.16 bits per heavy atom. The smallest absolute Gasteiger partial charge is 0.0372 e. The fourth-order valence-electron chi connectivity index (χ4n) is 3.87. The summed E-state index contributed by atoms with van der Waals surface area (Å²) in [5.41, 5.74) is 1.41. The molecule has 0 amide bonds. The number of piperidine rings is 2. The second-order valence-corrected chi connectivity index (χ2v) is 6.76. The molecule has 2 aliphatic rings. The number of benzene rings is 1. The Bertz CT molecular complexity index is 403. The summed E-state index contributed by atoms with van der Waals surface area (Å²) in [6.45, 7) is 3.32. The average Bonchev–Trinajstić information content (AvgIpc) is 2.39. The molecule has 0 aromatic heterocycles. The zero-order valence-electron chi connectivity index (χ0n) is 11.6. The van der Waals surface area contributed by atoms with Crippen LogP contribution in [-0.2, 0) is 0 Å². The van der Waals surface area contributed by atoms with Crippen molar-refractivity contribution in [1.29, 1.82) is 0 Å². The van der Waals surface area contributed by atoms with Gasteiger partial charge in [0.1, 0.15) is 0 Å². The zero-order chi connectivity index (χ0) is 13.2. The lowest BCUT2D eigenvalue weighted by Gasteiger charge is -2.50. The normalized spacial score (nSPS) is 30.4. The van der Waals surface area contributed by atoms with Crippen LogP contribution in [0, 0.1) is 0 Å². The van der Waals surface area contributed by atoms with E-state index in [9.17, 15) is 0 Å². The van der Waals surface area contributed by atoms with Gasteiger partial charge in [0.2, 0.25) is 0 Å². The molecule has 1 N–H and O–H groups in total. The Kier molecular flexibility index (Phi) is 4.13. The van der Waals surface area contributed by atoms with Crippen molar-refractivity contribution >= 4 is 21.6 Å². The van der Waals surface area contributed by atoms with Crippen LogP contribution in [0.3, 0.4) is 0 Å². The van der Waals surface area contributed by atoms with Gasteiger partial charge in [0, 0.05) is 28.3 Å². The maximum absolute atomic E-state index is 3.66. The number of nitrogens with one attached hydrogen (secondary N) is 1. The van der Waals surface area contributed by atoms with Gasteiger partial charge in [0.05, 0.1) is 0 Å². The molecule has 2 atom stereocenters. The van der Waals surface area contributed by atoms with Crippen LogP contribution >= 0.6 is 15.9 Å². The third-order valence-corrected chi connectivity index (χ3v) is 5.12. The lowest BCUT2D eigenvalue weighted by molar-refractivity contribution is 0.247. The first-order chi connectivity index (χ1) is 9.28. The van der Waals surface area contributed by atoms with Crippen LogP contribution in [0.2, 0.25) is 0 Å². The van der Waals surface area contributed by atoms with Gasteiger partial charge in [-0.15, -0.1) is 0 Å². The molecule has 3 heteroatoms. The van der Waals surface area contributed by atoms with Gasteiger partial charge in [-0.1, -0.05) is 22.9 Å². The monoisotopic (exact) mass is 322 g/mol. The topological polar surface area (TPSA) is 15.3 Å². The third-order valence-electron chi connectivity index (χ3n) is 4.59. The second kappa shape index (κ2) is 5.84. The number of hydrogen-bond donors (Lipinski definition) is 1. The van der Waals surface area contributed by atoms with Crippen LogP contribution in [-0.4, -0.2) is 24.7 Å². The first-order valence-corrected chi connectivity index (χ1v) is 8.34. The predicted molar refractivity (Wildman–Crippen MR) is 84.7 cm³/mol. The number of rotatable bonds is 3. The van der Waals surface area contributed by atoms with E-state index in [0.29, 0.717) is 0 Å². The van der Waals surface area contributed by atoms with Gasteiger partial charge >= 0.3 is 0 Å². The molecule has 0 spiro atoms. The highest BCUT2D eigenvalue weighted by molar-refractivity contribution is 9.10. The molecule has 0 aliphatic carbocycles. The highest BCUT2D eigenvalue weighted by Gasteiger charge is 2.37. The number of nitrogens with zero attached hydrogens (tertiary/aromatic N) is 1. The molecule has 2 aliphatic heterocycles. The summed E-state index contributed by atoms with van der Waals surface area (Å²) in [6, 6.07) is 11.1. The van der Waals surface area contributed by atoms with Gasteiger partial charge in [-0.2, -0.15) is 0 Å². The van der Waals surface area contributed by atoms with E-state index < -0.39 is 0 Å². The first-order valence-electron chi connectivity index (χ1n) is 7.55. The Balaban J connectivity index is 1.80. The molecule has 1 aromatic rings. The number of halogens is 1. The summed E-state index contributed by atoms with van der Waals surface area (Å²) in [6.07, 6.45) is 6.73. The first kappa shape index (κ1) is 13.4. The van der Waals surface area contributed by atoms with Crippen LogP contribution in [0.4, 0.5) is 5.69 Å². The zero-order valence-corrected chi connectivity index (χ0v) is 13.2. The van der Waals surface area contributed by atoms with E-state index in [1.807, 2.05) is 0 Å². The van der Waals surface area contributed by atoms with Crippen molar-refractivity contribution in [3.05, 3.63) is 28.7 Å². The van der Waals surface area contributed by atoms with E-state index in [1.54, 1.807) is 0 Å². The largest absolute Gasteiger partial charge is 0.365 e. The van der Waals surface area contributed by atoms with Crippen LogP contribution < -0.4 is 10.2 Å². The summed E-state index contributed by atoms with van der Waals surface area (Å²) >= 11 is 3.53. The minimum atomic E-state index is 0.729. The van der Waals surface area contributed by atoms with Crippen LogP contribution in [0.1, 0.15) is 39.0 Å². The minimum absolute atomic E-state index is 0.729. The summed E-state index contributed by atoms with van der Waals surface area (Å²) < 4.78 is 1.17. The molecule has 3 rings (SSSR count). The summed E-state index contributed by atoms with van der Waals surface area (Å²) in [7, 11) is 0. The highest BCUT2D eigenvalue weighted by atomic mass is 79.9. The summed E-state index contributed by atoms with van der Waals surface area (Å²) in [5.74, 6) is 0. The maximum atomic E-state index is 3.66. The summed E-state index contributed by atoms with van der Waals surface area (Å²) in [4.78, 5) is 2.70.